The largest absolute Gasteiger partial charge is 0.460 e. The Morgan fingerprint density at radius 2 is 1.14 bits per heavy atom. The maximum Gasteiger partial charge on any atom is 0.325 e. The molecule has 4 N–H and O–H groups in total. The van der Waals surface area contributed by atoms with E-state index < -0.39 is 61.1 Å². The minimum atomic E-state index is -1.06. The number of carbonyl (C=O) groups is 6. The number of amides is 4. The van der Waals surface area contributed by atoms with Crippen molar-refractivity contribution in [3.05, 3.63) is 131 Å². The third kappa shape index (κ3) is 9.48. The first-order valence-electron chi connectivity index (χ1n) is 15.8. The smallest absolute Gasteiger partial charge is 0.325 e. The fourth-order valence-corrected chi connectivity index (χ4v) is 5.63. The van der Waals surface area contributed by atoms with E-state index in [9.17, 15) is 28.8 Å². The van der Waals surface area contributed by atoms with Gasteiger partial charge in [0.1, 0.15) is 19.2 Å². The first-order valence-corrected chi connectivity index (χ1v) is 15.8. The van der Waals surface area contributed by atoms with E-state index in [1.165, 1.54) is 0 Å². The van der Waals surface area contributed by atoms with Gasteiger partial charge in [-0.3, -0.25) is 28.8 Å². The van der Waals surface area contributed by atoms with Crippen LogP contribution in [0.4, 0.5) is 0 Å². The van der Waals surface area contributed by atoms with Crippen molar-refractivity contribution in [2.45, 2.75) is 31.4 Å². The predicted molar refractivity (Wildman–Crippen MR) is 181 cm³/mol. The van der Waals surface area contributed by atoms with Crippen LogP contribution in [0.1, 0.15) is 34.6 Å². The molecule has 1 aliphatic carbocycles. The molecule has 250 valence electrons. The zero-order valence-corrected chi connectivity index (χ0v) is 26.6. The van der Waals surface area contributed by atoms with Crippen molar-refractivity contribution in [3.63, 3.8) is 0 Å². The van der Waals surface area contributed by atoms with E-state index in [2.05, 4.69) is 21.3 Å². The highest BCUT2D eigenvalue weighted by molar-refractivity contribution is 6.36. The number of Topliss-reactive ketones (excluding diaryl/α,β-unsaturated/α-hetero) is 1. The summed E-state index contributed by atoms with van der Waals surface area (Å²) in [6, 6.07) is 32.5. The van der Waals surface area contributed by atoms with E-state index in [4.69, 9.17) is 4.74 Å². The number of hydrogen-bond donors (Lipinski definition) is 4. The zero-order chi connectivity index (χ0) is 34.6. The fraction of sp³-hybridized carbons (Fsp3) is 0.211. The van der Waals surface area contributed by atoms with Crippen LogP contribution in [0.25, 0.3) is 11.1 Å². The van der Waals surface area contributed by atoms with Gasteiger partial charge in [-0.25, -0.2) is 0 Å². The third-order valence-corrected chi connectivity index (χ3v) is 8.04. The summed E-state index contributed by atoms with van der Waals surface area (Å²) >= 11 is 0. The fourth-order valence-electron chi connectivity index (χ4n) is 5.63. The van der Waals surface area contributed by atoms with Gasteiger partial charge < -0.3 is 26.0 Å². The van der Waals surface area contributed by atoms with Crippen LogP contribution in [0.5, 0.6) is 0 Å². The molecule has 0 radical (unpaired) electrons. The van der Waals surface area contributed by atoms with Crippen molar-refractivity contribution in [1.82, 2.24) is 21.3 Å². The topological polar surface area (TPSA) is 160 Å². The first-order chi connectivity index (χ1) is 23.8. The quantitative estimate of drug-likeness (QED) is 0.113. The molecule has 0 heterocycles. The molecule has 11 heteroatoms. The average molecular weight is 661 g/mol. The molecule has 49 heavy (non-hydrogen) atoms. The summed E-state index contributed by atoms with van der Waals surface area (Å²) in [5.41, 5.74) is 5.55. The molecule has 0 aromatic heterocycles. The minimum absolute atomic E-state index is 0.0532. The molecule has 0 fully saturated rings. The van der Waals surface area contributed by atoms with Crippen molar-refractivity contribution in [3.8, 4) is 11.1 Å². The Morgan fingerprint density at radius 1 is 0.592 bits per heavy atom. The highest BCUT2D eigenvalue weighted by Crippen LogP contribution is 2.46. The Kier molecular flexibility index (Phi) is 11.6. The van der Waals surface area contributed by atoms with E-state index in [0.717, 1.165) is 33.4 Å². The number of nitrogens with one attached hydrogen (secondary N) is 4. The van der Waals surface area contributed by atoms with Gasteiger partial charge >= 0.3 is 5.97 Å². The Balaban J connectivity index is 1.07. The number of esters is 1. The lowest BCUT2D eigenvalue weighted by atomic mass is 9.91. The van der Waals surface area contributed by atoms with Gasteiger partial charge in [-0.1, -0.05) is 109 Å². The molecule has 11 nitrogen and oxygen atoms in total. The van der Waals surface area contributed by atoms with Gasteiger partial charge in [0.05, 0.1) is 13.1 Å². The normalized spacial score (nSPS) is 12.1. The van der Waals surface area contributed by atoms with Gasteiger partial charge in [0.2, 0.25) is 23.5 Å². The van der Waals surface area contributed by atoms with Crippen LogP contribution in [0.3, 0.4) is 0 Å². The van der Waals surface area contributed by atoms with Crippen LogP contribution in [0.2, 0.25) is 0 Å². The molecule has 4 aromatic rings. The summed E-state index contributed by atoms with van der Waals surface area (Å²) in [5.74, 6) is -4.46. The van der Waals surface area contributed by atoms with Crippen LogP contribution in [-0.2, 0) is 46.5 Å². The maximum atomic E-state index is 13.0. The molecule has 4 aromatic carbocycles. The van der Waals surface area contributed by atoms with Gasteiger partial charge in [-0.15, -0.1) is 0 Å². The molecule has 1 aliphatic rings. The molecular weight excluding hydrogens is 624 g/mol. The van der Waals surface area contributed by atoms with Gasteiger partial charge in [-0.05, 0) is 33.4 Å². The highest BCUT2D eigenvalue weighted by Gasteiger charge is 2.31. The number of fused-ring (bicyclic) bond motifs is 3. The van der Waals surface area contributed by atoms with E-state index in [-0.39, 0.29) is 25.4 Å². The summed E-state index contributed by atoms with van der Waals surface area (Å²) in [6.07, 6.45) is 0.0685. The number of benzene rings is 4. The standard InChI is InChI=1S/C38H36N4O7/c43-33(20-31-29-17-9-7-15-27(29)28-16-8-10-18-30(28)31)38(48)40-21-34(44)39-22-35(45)42-32(19-25-11-3-1-4-12-25)37(47)41-23-36(46)49-24-26-13-5-2-6-14-26/h1-18,31-32H,19-24H2,(H,39,44)(H,40,48)(H,41,47)(H,42,45)/t32-/m0/s1. The summed E-state index contributed by atoms with van der Waals surface area (Å²) in [5, 5.41) is 9.79. The van der Waals surface area contributed by atoms with Gasteiger partial charge in [0, 0.05) is 18.8 Å². The van der Waals surface area contributed by atoms with Crippen LogP contribution in [0.15, 0.2) is 109 Å². The third-order valence-electron chi connectivity index (χ3n) is 8.04. The lowest BCUT2D eigenvalue weighted by molar-refractivity contribution is -0.145. The van der Waals surface area contributed by atoms with Crippen LogP contribution < -0.4 is 21.3 Å². The molecular formula is C38H36N4O7. The van der Waals surface area contributed by atoms with Crippen LogP contribution >= 0.6 is 0 Å². The molecule has 0 aliphatic heterocycles. The Bertz CT molecular complexity index is 1780. The summed E-state index contributed by atoms with van der Waals surface area (Å²) in [6.45, 7) is -1.36. The SMILES string of the molecule is O=C(CNC(=O)C(=O)CC1c2ccccc2-c2ccccc21)NCC(=O)N[C@@H](Cc1ccccc1)C(=O)NCC(=O)OCc1ccccc1. The van der Waals surface area contributed by atoms with Crippen molar-refractivity contribution in [2.75, 3.05) is 19.6 Å². The second-order valence-corrected chi connectivity index (χ2v) is 11.5. The molecule has 4 amide bonds. The van der Waals surface area contributed by atoms with Crippen molar-refractivity contribution >= 4 is 35.4 Å². The molecule has 0 bridgehead atoms. The Hall–Kier alpha value is -6.10. The van der Waals surface area contributed by atoms with Gasteiger partial charge in [0.25, 0.3) is 5.91 Å². The van der Waals surface area contributed by atoms with Gasteiger partial charge in [0.15, 0.2) is 0 Å². The maximum absolute atomic E-state index is 13.0. The number of rotatable bonds is 15. The Morgan fingerprint density at radius 3 is 1.78 bits per heavy atom. The second-order valence-electron chi connectivity index (χ2n) is 11.5. The van der Waals surface area contributed by atoms with E-state index in [0.29, 0.717) is 0 Å². The number of ketones is 1. The molecule has 5 rings (SSSR count). The lowest BCUT2D eigenvalue weighted by Crippen LogP contribution is -2.52. The minimum Gasteiger partial charge on any atom is -0.460 e. The van der Waals surface area contributed by atoms with E-state index in [1.807, 2.05) is 72.8 Å². The molecule has 0 saturated heterocycles. The molecule has 0 saturated carbocycles. The van der Waals surface area contributed by atoms with Crippen LogP contribution in [0, 0.1) is 0 Å². The second kappa shape index (κ2) is 16.6. The molecule has 0 spiro atoms. The number of carbonyl (C=O) groups excluding carboxylic acids is 6. The van der Waals surface area contributed by atoms with Crippen molar-refractivity contribution < 1.29 is 33.5 Å². The van der Waals surface area contributed by atoms with Crippen molar-refractivity contribution in [2.24, 2.45) is 0 Å². The predicted octanol–water partition coefficient (Wildman–Crippen LogP) is 2.58. The highest BCUT2D eigenvalue weighted by atomic mass is 16.5. The molecule has 1 atom stereocenters. The summed E-state index contributed by atoms with van der Waals surface area (Å²) in [4.78, 5) is 75.9. The first kappa shape index (κ1) is 34.2. The zero-order valence-electron chi connectivity index (χ0n) is 26.6. The lowest BCUT2D eigenvalue weighted by Gasteiger charge is -2.19. The molecule has 0 unspecified atom stereocenters. The van der Waals surface area contributed by atoms with Crippen molar-refractivity contribution in [1.29, 1.82) is 0 Å². The van der Waals surface area contributed by atoms with Crippen LogP contribution in [-0.4, -0.2) is 61.1 Å². The van der Waals surface area contributed by atoms with Gasteiger partial charge in [-0.2, -0.15) is 0 Å². The Labute approximate surface area is 283 Å². The average Bonchev–Trinajstić information content (AvgIpc) is 3.44. The van der Waals surface area contributed by atoms with E-state index in [1.54, 1.807) is 36.4 Å². The summed E-state index contributed by atoms with van der Waals surface area (Å²) < 4.78 is 5.20. The van der Waals surface area contributed by atoms with E-state index >= 15 is 0 Å². The number of ether oxygens (including phenoxy) is 1. The monoisotopic (exact) mass is 660 g/mol. The summed E-state index contributed by atoms with van der Waals surface area (Å²) in [7, 11) is 0. The number of hydrogen-bond acceptors (Lipinski definition) is 7.